The van der Waals surface area contributed by atoms with Crippen molar-refractivity contribution in [2.75, 3.05) is 26.7 Å². The van der Waals surface area contributed by atoms with Crippen LogP contribution in [0.5, 0.6) is 0 Å². The van der Waals surface area contributed by atoms with Gasteiger partial charge in [0, 0.05) is 25.2 Å². The lowest BCUT2D eigenvalue weighted by Gasteiger charge is -2.46. The molecule has 3 aliphatic rings. The SMILES string of the molecule is CCC[C@@H]1CN2CCC[C@@H]2CN1C(=O)[C@@H](NC(=O)[C@H](C)NC)C1CCCCC1. The topological polar surface area (TPSA) is 64.7 Å². The first-order valence-electron chi connectivity index (χ1n) is 11.6. The maximum Gasteiger partial charge on any atom is 0.245 e. The van der Waals surface area contributed by atoms with Crippen molar-refractivity contribution in [2.24, 2.45) is 5.92 Å². The first-order chi connectivity index (χ1) is 13.5. The van der Waals surface area contributed by atoms with Crippen LogP contribution in [0.2, 0.25) is 0 Å². The van der Waals surface area contributed by atoms with Crippen molar-refractivity contribution < 1.29 is 9.59 Å². The fraction of sp³-hybridized carbons (Fsp3) is 0.909. The largest absolute Gasteiger partial charge is 0.343 e. The van der Waals surface area contributed by atoms with Crippen LogP contribution in [-0.2, 0) is 9.59 Å². The fourth-order valence-corrected chi connectivity index (χ4v) is 5.37. The summed E-state index contributed by atoms with van der Waals surface area (Å²) in [6.07, 6.45) is 10.3. The summed E-state index contributed by atoms with van der Waals surface area (Å²) in [6, 6.07) is 0.153. The Morgan fingerprint density at radius 3 is 2.50 bits per heavy atom. The summed E-state index contributed by atoms with van der Waals surface area (Å²) in [4.78, 5) is 31.2. The molecular weight excluding hydrogens is 352 g/mol. The van der Waals surface area contributed by atoms with Gasteiger partial charge in [-0.1, -0.05) is 32.6 Å². The fourth-order valence-electron chi connectivity index (χ4n) is 5.37. The zero-order valence-corrected chi connectivity index (χ0v) is 18.1. The molecule has 2 N–H and O–H groups in total. The molecule has 0 spiro atoms. The van der Waals surface area contributed by atoms with Gasteiger partial charge in [-0.3, -0.25) is 14.5 Å². The number of nitrogens with zero attached hydrogens (tertiary/aromatic N) is 2. The molecule has 0 aromatic heterocycles. The number of nitrogens with one attached hydrogen (secondary N) is 2. The molecule has 160 valence electrons. The van der Waals surface area contributed by atoms with Crippen molar-refractivity contribution in [1.82, 2.24) is 20.4 Å². The Labute approximate surface area is 170 Å². The second kappa shape index (κ2) is 10.1. The van der Waals surface area contributed by atoms with E-state index < -0.39 is 0 Å². The van der Waals surface area contributed by atoms with Crippen LogP contribution in [0.4, 0.5) is 0 Å². The van der Waals surface area contributed by atoms with Crippen molar-refractivity contribution in [3.8, 4) is 0 Å². The highest BCUT2D eigenvalue weighted by Crippen LogP contribution is 2.31. The minimum Gasteiger partial charge on any atom is -0.343 e. The normalized spacial score (nSPS) is 28.6. The van der Waals surface area contributed by atoms with E-state index in [0.717, 1.165) is 38.8 Å². The van der Waals surface area contributed by atoms with Crippen LogP contribution in [0.15, 0.2) is 0 Å². The predicted octanol–water partition coefficient (Wildman–Crippen LogP) is 2.13. The van der Waals surface area contributed by atoms with E-state index in [0.29, 0.717) is 6.04 Å². The lowest BCUT2D eigenvalue weighted by atomic mass is 9.82. The van der Waals surface area contributed by atoms with Gasteiger partial charge < -0.3 is 15.5 Å². The Hall–Kier alpha value is -1.14. The Kier molecular flexibility index (Phi) is 7.75. The van der Waals surface area contributed by atoms with Crippen LogP contribution in [0, 0.1) is 5.92 Å². The molecule has 0 aromatic rings. The highest BCUT2D eigenvalue weighted by Gasteiger charge is 2.42. The van der Waals surface area contributed by atoms with Gasteiger partial charge in [-0.05, 0) is 58.5 Å². The molecule has 3 rings (SSSR count). The third-order valence-corrected chi connectivity index (χ3v) is 7.21. The summed E-state index contributed by atoms with van der Waals surface area (Å²) in [5.41, 5.74) is 0. The van der Waals surface area contributed by atoms with Crippen LogP contribution in [0.3, 0.4) is 0 Å². The van der Waals surface area contributed by atoms with Crippen LogP contribution in [0.1, 0.15) is 71.6 Å². The monoisotopic (exact) mass is 392 g/mol. The van der Waals surface area contributed by atoms with E-state index >= 15 is 0 Å². The summed E-state index contributed by atoms with van der Waals surface area (Å²) in [5.74, 6) is 0.393. The number of hydrogen-bond acceptors (Lipinski definition) is 4. The quantitative estimate of drug-likeness (QED) is 0.697. The number of rotatable bonds is 7. The van der Waals surface area contributed by atoms with Gasteiger partial charge in [-0.15, -0.1) is 0 Å². The van der Waals surface area contributed by atoms with Crippen LogP contribution in [0.25, 0.3) is 0 Å². The van der Waals surface area contributed by atoms with Crippen molar-refractivity contribution in [3.05, 3.63) is 0 Å². The number of carbonyl (C=O) groups excluding carboxylic acids is 2. The summed E-state index contributed by atoms with van der Waals surface area (Å²) in [7, 11) is 1.79. The first-order valence-corrected chi connectivity index (χ1v) is 11.6. The Morgan fingerprint density at radius 2 is 1.82 bits per heavy atom. The van der Waals surface area contributed by atoms with Crippen molar-refractivity contribution in [3.63, 3.8) is 0 Å². The molecule has 0 unspecified atom stereocenters. The molecule has 0 aromatic carbocycles. The third kappa shape index (κ3) is 4.88. The molecule has 6 nitrogen and oxygen atoms in total. The van der Waals surface area contributed by atoms with Gasteiger partial charge in [0.25, 0.3) is 0 Å². The first kappa shape index (κ1) is 21.6. The smallest absolute Gasteiger partial charge is 0.245 e. The van der Waals surface area contributed by atoms with Gasteiger partial charge in [0.15, 0.2) is 0 Å². The van der Waals surface area contributed by atoms with Gasteiger partial charge >= 0.3 is 0 Å². The molecule has 3 fully saturated rings. The van der Waals surface area contributed by atoms with Crippen molar-refractivity contribution >= 4 is 11.8 Å². The second-order valence-electron chi connectivity index (χ2n) is 9.12. The van der Waals surface area contributed by atoms with Gasteiger partial charge in [0.05, 0.1) is 6.04 Å². The average molecular weight is 393 g/mol. The van der Waals surface area contributed by atoms with E-state index in [4.69, 9.17) is 0 Å². The molecule has 2 saturated heterocycles. The Balaban J connectivity index is 1.78. The lowest BCUT2D eigenvalue weighted by Crippen LogP contribution is -2.63. The van der Waals surface area contributed by atoms with Crippen molar-refractivity contribution in [2.45, 2.75) is 95.8 Å². The number of carbonyl (C=O) groups is 2. The minimum atomic E-state index is -0.365. The number of piperazine rings is 1. The highest BCUT2D eigenvalue weighted by molar-refractivity contribution is 5.90. The highest BCUT2D eigenvalue weighted by atomic mass is 16.2. The van der Waals surface area contributed by atoms with E-state index in [2.05, 4.69) is 27.4 Å². The van der Waals surface area contributed by atoms with Gasteiger partial charge in [-0.2, -0.15) is 0 Å². The maximum absolute atomic E-state index is 13.8. The molecule has 1 aliphatic carbocycles. The Morgan fingerprint density at radius 1 is 1.07 bits per heavy atom. The summed E-state index contributed by atoms with van der Waals surface area (Å²) >= 11 is 0. The molecule has 2 amide bonds. The average Bonchev–Trinajstić information content (AvgIpc) is 3.18. The maximum atomic E-state index is 13.8. The van der Waals surface area contributed by atoms with Gasteiger partial charge in [-0.25, -0.2) is 0 Å². The van der Waals surface area contributed by atoms with E-state index in [1.54, 1.807) is 7.05 Å². The van der Waals surface area contributed by atoms with Crippen LogP contribution < -0.4 is 10.6 Å². The zero-order chi connectivity index (χ0) is 20.1. The molecule has 1 saturated carbocycles. The number of fused-ring (bicyclic) bond motifs is 1. The Bertz CT molecular complexity index is 535. The van der Waals surface area contributed by atoms with Crippen LogP contribution >= 0.6 is 0 Å². The molecular formula is C22H40N4O2. The zero-order valence-electron chi connectivity index (χ0n) is 18.1. The van der Waals surface area contributed by atoms with Gasteiger partial charge in [0.2, 0.25) is 11.8 Å². The van der Waals surface area contributed by atoms with E-state index in [-0.39, 0.29) is 35.9 Å². The predicted molar refractivity (Wildman–Crippen MR) is 112 cm³/mol. The molecule has 2 aliphatic heterocycles. The molecule has 6 heteroatoms. The minimum absolute atomic E-state index is 0.0574. The van der Waals surface area contributed by atoms with Gasteiger partial charge in [0.1, 0.15) is 6.04 Å². The standard InChI is InChI=1S/C22H40N4O2/c1-4-9-19-14-25-13-8-12-18(25)15-26(19)22(28)20(17-10-6-5-7-11-17)24-21(27)16(2)23-3/h16-20,23H,4-15H2,1-3H3,(H,24,27)/t16-,18+,19+,20-/m0/s1. The number of amides is 2. The van der Waals surface area contributed by atoms with Crippen LogP contribution in [-0.4, -0.2) is 72.5 Å². The molecule has 28 heavy (non-hydrogen) atoms. The van der Waals surface area contributed by atoms with Crippen molar-refractivity contribution in [1.29, 1.82) is 0 Å². The molecule has 0 bridgehead atoms. The molecule has 2 heterocycles. The summed E-state index contributed by atoms with van der Waals surface area (Å²) < 4.78 is 0. The van der Waals surface area contributed by atoms with E-state index in [9.17, 15) is 9.59 Å². The second-order valence-corrected chi connectivity index (χ2v) is 9.12. The third-order valence-electron chi connectivity index (χ3n) is 7.21. The van der Waals surface area contributed by atoms with E-state index in [1.807, 2.05) is 6.92 Å². The van der Waals surface area contributed by atoms with E-state index in [1.165, 1.54) is 38.6 Å². The summed E-state index contributed by atoms with van der Waals surface area (Å²) in [5, 5.41) is 6.16. The molecule has 0 radical (unpaired) electrons. The summed E-state index contributed by atoms with van der Waals surface area (Å²) in [6.45, 7) is 7.07. The lowest BCUT2D eigenvalue weighted by molar-refractivity contribution is -0.144. The molecule has 4 atom stereocenters. The number of likely N-dealkylation sites (N-methyl/N-ethyl adjacent to an activating group) is 1. The number of hydrogen-bond donors (Lipinski definition) is 2.